The average Bonchev–Trinajstić information content (AvgIpc) is 2.33. The molecule has 0 fully saturated rings. The Kier molecular flexibility index (Phi) is 8.39. The van der Waals surface area contributed by atoms with Gasteiger partial charge in [-0.3, -0.25) is 4.79 Å². The highest BCUT2D eigenvalue weighted by Crippen LogP contribution is 2.18. The molecule has 0 spiro atoms. The van der Waals surface area contributed by atoms with E-state index in [1.165, 1.54) is 0 Å². The van der Waals surface area contributed by atoms with Crippen LogP contribution in [0.15, 0.2) is 61.8 Å². The summed E-state index contributed by atoms with van der Waals surface area (Å²) in [7, 11) is 0. The minimum Gasteiger partial charge on any atom is -0.349 e. The Morgan fingerprint density at radius 2 is 1.41 bits per heavy atom. The summed E-state index contributed by atoms with van der Waals surface area (Å²) in [6, 6.07) is 0. The van der Waals surface area contributed by atoms with E-state index in [9.17, 15) is 4.79 Å². The highest BCUT2D eigenvalue weighted by molar-refractivity contribution is 5.94. The Bertz CT molecular complexity index is 325. The predicted molar refractivity (Wildman–Crippen MR) is 74.7 cm³/mol. The molecule has 0 aliphatic rings. The summed E-state index contributed by atoms with van der Waals surface area (Å²) in [4.78, 5) is 12.0. The molecule has 0 saturated heterocycles. The van der Waals surface area contributed by atoms with Crippen LogP contribution in [-0.2, 0) is 4.79 Å². The molecule has 0 aliphatic heterocycles. The van der Waals surface area contributed by atoms with Crippen molar-refractivity contribution in [2.75, 3.05) is 6.54 Å². The molecule has 0 aliphatic carbocycles. The Balaban J connectivity index is 5.07. The van der Waals surface area contributed by atoms with E-state index >= 15 is 0 Å². The third-order valence-corrected chi connectivity index (χ3v) is 2.24. The summed E-state index contributed by atoms with van der Waals surface area (Å²) >= 11 is 0. The molecule has 0 aromatic rings. The Morgan fingerprint density at radius 1 is 0.882 bits per heavy atom. The van der Waals surface area contributed by atoms with E-state index in [1.807, 2.05) is 0 Å². The van der Waals surface area contributed by atoms with Crippen molar-refractivity contribution in [1.82, 2.24) is 5.32 Å². The number of carbonyl (C=O) groups excluding carboxylic acids is 1. The number of allylic oxidation sites excluding steroid dienone is 4. The van der Waals surface area contributed by atoms with Gasteiger partial charge in [0.1, 0.15) is 0 Å². The van der Waals surface area contributed by atoms with Crippen molar-refractivity contribution in [2.45, 2.75) is 19.3 Å². The fraction of sp³-hybridized carbons (Fsp3) is 0.267. The van der Waals surface area contributed by atoms with Gasteiger partial charge in [0.15, 0.2) is 0 Å². The molecule has 0 unspecified atom stereocenters. The molecule has 1 N–H and O–H groups in total. The molecule has 2 heteroatoms. The number of rotatable bonds is 9. The molecule has 0 bridgehead atoms. The van der Waals surface area contributed by atoms with Gasteiger partial charge in [0, 0.05) is 12.1 Å². The Hall–Kier alpha value is -1.83. The summed E-state index contributed by atoms with van der Waals surface area (Å²) < 4.78 is 0. The van der Waals surface area contributed by atoms with E-state index in [4.69, 9.17) is 0 Å². The van der Waals surface area contributed by atoms with Gasteiger partial charge in [-0.2, -0.15) is 0 Å². The first kappa shape index (κ1) is 15.2. The number of amides is 1. The van der Waals surface area contributed by atoms with Crippen molar-refractivity contribution < 1.29 is 4.79 Å². The predicted octanol–water partition coefficient (Wildman–Crippen LogP) is 3.31. The zero-order valence-corrected chi connectivity index (χ0v) is 10.4. The molecule has 1 amide bonds. The normalized spacial score (nSPS) is 8.94. The summed E-state index contributed by atoms with van der Waals surface area (Å²) in [6.07, 6.45) is 8.91. The van der Waals surface area contributed by atoms with Gasteiger partial charge in [-0.15, -0.1) is 26.3 Å². The minimum absolute atomic E-state index is 0.0662. The van der Waals surface area contributed by atoms with E-state index in [1.54, 1.807) is 24.3 Å². The second kappa shape index (κ2) is 9.40. The summed E-state index contributed by atoms with van der Waals surface area (Å²) in [5, 5.41) is 2.78. The minimum atomic E-state index is -0.0662. The van der Waals surface area contributed by atoms with Gasteiger partial charge in [0.2, 0.25) is 5.91 Å². The van der Waals surface area contributed by atoms with E-state index in [0.29, 0.717) is 25.8 Å². The van der Waals surface area contributed by atoms with Gasteiger partial charge in [-0.1, -0.05) is 29.9 Å². The van der Waals surface area contributed by atoms with Crippen LogP contribution in [0.4, 0.5) is 0 Å². The van der Waals surface area contributed by atoms with Crippen LogP contribution in [0.5, 0.6) is 0 Å². The van der Waals surface area contributed by atoms with Crippen LogP contribution in [0.3, 0.4) is 0 Å². The molecule has 0 heterocycles. The number of hydrogen-bond acceptors (Lipinski definition) is 1. The van der Waals surface area contributed by atoms with Crippen LogP contribution < -0.4 is 5.32 Å². The van der Waals surface area contributed by atoms with Crippen LogP contribution in [0.2, 0.25) is 0 Å². The molecule has 0 atom stereocenters. The fourth-order valence-electron chi connectivity index (χ4n) is 1.49. The standard InChI is InChI=1S/C15H21NO/c1-5-9-13(10-6-2)14(11-7-3)15(17)16-12-8-4/h5-8H,1-4,9-12H2,(H,16,17). The zero-order chi connectivity index (χ0) is 13.1. The van der Waals surface area contributed by atoms with E-state index in [-0.39, 0.29) is 5.91 Å². The van der Waals surface area contributed by atoms with Crippen LogP contribution in [0.1, 0.15) is 19.3 Å². The zero-order valence-electron chi connectivity index (χ0n) is 10.4. The van der Waals surface area contributed by atoms with E-state index in [0.717, 1.165) is 11.1 Å². The third-order valence-electron chi connectivity index (χ3n) is 2.24. The topological polar surface area (TPSA) is 29.1 Å². The number of nitrogens with one attached hydrogen (secondary N) is 1. The quantitative estimate of drug-likeness (QED) is 0.478. The SMILES string of the molecule is C=CCNC(=O)C(CC=C)=C(CC=C)CC=C. The molecule has 0 aromatic carbocycles. The highest BCUT2D eigenvalue weighted by atomic mass is 16.1. The van der Waals surface area contributed by atoms with Crippen molar-refractivity contribution >= 4 is 5.91 Å². The van der Waals surface area contributed by atoms with Gasteiger partial charge in [-0.05, 0) is 19.3 Å². The van der Waals surface area contributed by atoms with Crippen LogP contribution in [0.25, 0.3) is 0 Å². The smallest absolute Gasteiger partial charge is 0.247 e. The van der Waals surface area contributed by atoms with Crippen molar-refractivity contribution in [3.05, 3.63) is 61.8 Å². The van der Waals surface area contributed by atoms with Gasteiger partial charge in [0.25, 0.3) is 0 Å². The lowest BCUT2D eigenvalue weighted by atomic mass is 9.98. The number of carbonyl (C=O) groups is 1. The molecule has 0 rings (SSSR count). The lowest BCUT2D eigenvalue weighted by Crippen LogP contribution is -2.25. The van der Waals surface area contributed by atoms with Crippen molar-refractivity contribution in [1.29, 1.82) is 0 Å². The Morgan fingerprint density at radius 3 is 1.82 bits per heavy atom. The third kappa shape index (κ3) is 5.71. The lowest BCUT2D eigenvalue weighted by molar-refractivity contribution is -0.117. The Labute approximate surface area is 104 Å². The maximum Gasteiger partial charge on any atom is 0.247 e. The number of hydrogen-bond donors (Lipinski definition) is 1. The molecule has 2 nitrogen and oxygen atoms in total. The molecule has 17 heavy (non-hydrogen) atoms. The second-order valence-electron chi connectivity index (χ2n) is 3.56. The first-order valence-corrected chi connectivity index (χ1v) is 5.63. The monoisotopic (exact) mass is 231 g/mol. The fourth-order valence-corrected chi connectivity index (χ4v) is 1.49. The lowest BCUT2D eigenvalue weighted by Gasteiger charge is -2.11. The summed E-state index contributed by atoms with van der Waals surface area (Å²) in [5.41, 5.74) is 1.79. The first-order valence-electron chi connectivity index (χ1n) is 5.63. The molecular formula is C15H21NO. The van der Waals surface area contributed by atoms with E-state index < -0.39 is 0 Å². The summed E-state index contributed by atoms with van der Waals surface area (Å²) in [5.74, 6) is -0.0662. The maximum atomic E-state index is 12.0. The molecule has 0 radical (unpaired) electrons. The molecular weight excluding hydrogens is 210 g/mol. The summed E-state index contributed by atoms with van der Waals surface area (Å²) in [6.45, 7) is 15.1. The maximum absolute atomic E-state index is 12.0. The van der Waals surface area contributed by atoms with Crippen molar-refractivity contribution in [3.63, 3.8) is 0 Å². The highest BCUT2D eigenvalue weighted by Gasteiger charge is 2.11. The van der Waals surface area contributed by atoms with Crippen LogP contribution >= 0.6 is 0 Å². The largest absolute Gasteiger partial charge is 0.349 e. The van der Waals surface area contributed by atoms with Gasteiger partial charge >= 0.3 is 0 Å². The van der Waals surface area contributed by atoms with Crippen molar-refractivity contribution in [2.24, 2.45) is 0 Å². The first-order chi connectivity index (χ1) is 8.21. The second-order valence-corrected chi connectivity index (χ2v) is 3.56. The van der Waals surface area contributed by atoms with Gasteiger partial charge in [-0.25, -0.2) is 0 Å². The van der Waals surface area contributed by atoms with Gasteiger partial charge in [0.05, 0.1) is 0 Å². The molecule has 92 valence electrons. The van der Waals surface area contributed by atoms with Gasteiger partial charge < -0.3 is 5.32 Å². The molecule has 0 saturated carbocycles. The average molecular weight is 231 g/mol. The van der Waals surface area contributed by atoms with E-state index in [2.05, 4.69) is 31.6 Å². The van der Waals surface area contributed by atoms with Crippen LogP contribution in [0, 0.1) is 0 Å². The van der Waals surface area contributed by atoms with Crippen molar-refractivity contribution in [3.8, 4) is 0 Å². The van der Waals surface area contributed by atoms with Crippen LogP contribution in [-0.4, -0.2) is 12.5 Å². The molecule has 0 aromatic heterocycles.